The SMILES string of the molecule is Cc1nc(N2CCN(c3cccc(Br)c3)CC2)c2ccncc2n1. The van der Waals surface area contributed by atoms with Crippen LogP contribution in [0.5, 0.6) is 0 Å². The molecule has 24 heavy (non-hydrogen) atoms. The quantitative estimate of drug-likeness (QED) is 0.678. The zero-order valence-corrected chi connectivity index (χ0v) is 15.1. The second-order valence-corrected chi connectivity index (χ2v) is 6.86. The topological polar surface area (TPSA) is 45.2 Å². The molecule has 0 N–H and O–H groups in total. The molecule has 122 valence electrons. The van der Waals surface area contributed by atoms with E-state index < -0.39 is 0 Å². The Labute approximate surface area is 149 Å². The van der Waals surface area contributed by atoms with Crippen LogP contribution in [0.4, 0.5) is 11.5 Å². The normalized spacial score (nSPS) is 15.1. The summed E-state index contributed by atoms with van der Waals surface area (Å²) >= 11 is 3.55. The van der Waals surface area contributed by atoms with Crippen LogP contribution in [0.3, 0.4) is 0 Å². The standard InChI is InChI=1S/C18H18BrN5/c1-13-21-17-12-20-6-5-16(17)18(22-13)24-9-7-23(8-10-24)15-4-2-3-14(19)11-15/h2-6,11-12H,7-10H2,1H3. The lowest BCUT2D eigenvalue weighted by atomic mass is 10.2. The van der Waals surface area contributed by atoms with Crippen molar-refractivity contribution in [3.63, 3.8) is 0 Å². The van der Waals surface area contributed by atoms with Crippen LogP contribution in [-0.4, -0.2) is 41.1 Å². The summed E-state index contributed by atoms with van der Waals surface area (Å²) in [5, 5.41) is 1.08. The molecule has 0 aliphatic carbocycles. The summed E-state index contributed by atoms with van der Waals surface area (Å²) in [7, 11) is 0. The maximum Gasteiger partial charge on any atom is 0.140 e. The molecule has 3 aromatic rings. The van der Waals surface area contributed by atoms with Gasteiger partial charge < -0.3 is 9.80 Å². The number of hydrogen-bond acceptors (Lipinski definition) is 5. The number of aryl methyl sites for hydroxylation is 1. The second-order valence-electron chi connectivity index (χ2n) is 5.94. The van der Waals surface area contributed by atoms with Crippen LogP contribution in [0.2, 0.25) is 0 Å². The molecule has 0 unspecified atom stereocenters. The van der Waals surface area contributed by atoms with Gasteiger partial charge in [0.15, 0.2) is 0 Å². The number of aromatic nitrogens is 3. The highest BCUT2D eigenvalue weighted by atomic mass is 79.9. The van der Waals surface area contributed by atoms with E-state index in [4.69, 9.17) is 4.98 Å². The summed E-state index contributed by atoms with van der Waals surface area (Å²) < 4.78 is 1.12. The van der Waals surface area contributed by atoms with Gasteiger partial charge in [-0.2, -0.15) is 0 Å². The molecule has 1 aliphatic rings. The van der Waals surface area contributed by atoms with E-state index in [0.717, 1.165) is 53.2 Å². The smallest absolute Gasteiger partial charge is 0.140 e. The third-order valence-corrected chi connectivity index (χ3v) is 4.84. The zero-order chi connectivity index (χ0) is 16.5. The number of fused-ring (bicyclic) bond motifs is 1. The van der Waals surface area contributed by atoms with Crippen LogP contribution in [0.25, 0.3) is 10.9 Å². The Morgan fingerprint density at radius 2 is 1.79 bits per heavy atom. The largest absolute Gasteiger partial charge is 0.368 e. The number of pyridine rings is 1. The fourth-order valence-corrected chi connectivity index (χ4v) is 3.55. The van der Waals surface area contributed by atoms with Crippen LogP contribution in [0.15, 0.2) is 47.2 Å². The number of piperazine rings is 1. The van der Waals surface area contributed by atoms with Gasteiger partial charge >= 0.3 is 0 Å². The summed E-state index contributed by atoms with van der Waals surface area (Å²) in [6, 6.07) is 10.5. The van der Waals surface area contributed by atoms with Crippen molar-refractivity contribution >= 4 is 38.3 Å². The number of hydrogen-bond donors (Lipinski definition) is 0. The number of rotatable bonds is 2. The summed E-state index contributed by atoms with van der Waals surface area (Å²) in [5.41, 5.74) is 2.17. The zero-order valence-electron chi connectivity index (χ0n) is 13.5. The van der Waals surface area contributed by atoms with Crippen molar-refractivity contribution in [3.8, 4) is 0 Å². The van der Waals surface area contributed by atoms with E-state index in [1.807, 2.05) is 25.4 Å². The minimum absolute atomic E-state index is 0.792. The van der Waals surface area contributed by atoms with E-state index in [0.29, 0.717) is 0 Å². The molecule has 1 aromatic carbocycles. The molecular weight excluding hydrogens is 366 g/mol. The first kappa shape index (κ1) is 15.3. The molecule has 6 heteroatoms. The fraction of sp³-hybridized carbons (Fsp3) is 0.278. The van der Waals surface area contributed by atoms with Crippen molar-refractivity contribution in [3.05, 3.63) is 53.0 Å². The maximum absolute atomic E-state index is 4.70. The minimum atomic E-state index is 0.792. The predicted molar refractivity (Wildman–Crippen MR) is 101 cm³/mol. The Bertz CT molecular complexity index is 874. The van der Waals surface area contributed by atoms with Gasteiger partial charge in [0.1, 0.15) is 11.6 Å². The third-order valence-electron chi connectivity index (χ3n) is 4.34. The van der Waals surface area contributed by atoms with Gasteiger partial charge in [0.2, 0.25) is 0 Å². The number of benzene rings is 1. The highest BCUT2D eigenvalue weighted by molar-refractivity contribution is 9.10. The lowest BCUT2D eigenvalue weighted by Gasteiger charge is -2.37. The van der Waals surface area contributed by atoms with Crippen LogP contribution in [0, 0.1) is 6.92 Å². The molecule has 3 heterocycles. The monoisotopic (exact) mass is 383 g/mol. The molecule has 0 spiro atoms. The van der Waals surface area contributed by atoms with Crippen LogP contribution in [-0.2, 0) is 0 Å². The molecule has 4 rings (SSSR count). The second kappa shape index (κ2) is 6.36. The van der Waals surface area contributed by atoms with Crippen molar-refractivity contribution in [1.29, 1.82) is 0 Å². The predicted octanol–water partition coefficient (Wildman–Crippen LogP) is 3.42. The van der Waals surface area contributed by atoms with Crippen LogP contribution >= 0.6 is 15.9 Å². The molecule has 0 atom stereocenters. The maximum atomic E-state index is 4.70. The number of halogens is 1. The van der Waals surface area contributed by atoms with Crippen molar-refractivity contribution in [2.75, 3.05) is 36.0 Å². The Morgan fingerprint density at radius 3 is 2.58 bits per heavy atom. The summed E-state index contributed by atoms with van der Waals surface area (Å²) in [6.45, 7) is 5.78. The van der Waals surface area contributed by atoms with Crippen LogP contribution in [0.1, 0.15) is 5.82 Å². The molecule has 0 radical (unpaired) electrons. The Kier molecular flexibility index (Phi) is 4.06. The average molecular weight is 384 g/mol. The summed E-state index contributed by atoms with van der Waals surface area (Å²) in [5.74, 6) is 1.81. The highest BCUT2D eigenvalue weighted by Crippen LogP contribution is 2.26. The van der Waals surface area contributed by atoms with E-state index in [-0.39, 0.29) is 0 Å². The Morgan fingerprint density at radius 1 is 1.00 bits per heavy atom. The number of anilines is 2. The molecule has 0 saturated carbocycles. The fourth-order valence-electron chi connectivity index (χ4n) is 3.17. The van der Waals surface area contributed by atoms with Gasteiger partial charge in [0.05, 0.1) is 11.7 Å². The van der Waals surface area contributed by atoms with E-state index in [2.05, 4.69) is 60.0 Å². The van der Waals surface area contributed by atoms with E-state index in [1.165, 1.54) is 5.69 Å². The van der Waals surface area contributed by atoms with E-state index in [1.54, 1.807) is 0 Å². The van der Waals surface area contributed by atoms with Crippen molar-refractivity contribution in [2.45, 2.75) is 6.92 Å². The Balaban J connectivity index is 1.58. The molecule has 0 amide bonds. The first-order chi connectivity index (χ1) is 11.7. The minimum Gasteiger partial charge on any atom is -0.368 e. The van der Waals surface area contributed by atoms with Gasteiger partial charge in [0.25, 0.3) is 0 Å². The molecular formula is C18H18BrN5. The van der Waals surface area contributed by atoms with Gasteiger partial charge in [-0.05, 0) is 31.2 Å². The van der Waals surface area contributed by atoms with Crippen LogP contribution < -0.4 is 9.80 Å². The van der Waals surface area contributed by atoms with Gasteiger partial charge in [-0.3, -0.25) is 4.98 Å². The first-order valence-corrected chi connectivity index (χ1v) is 8.84. The Hall–Kier alpha value is -2.21. The van der Waals surface area contributed by atoms with Gasteiger partial charge in [-0.15, -0.1) is 0 Å². The lowest BCUT2D eigenvalue weighted by Crippen LogP contribution is -2.47. The molecule has 1 fully saturated rings. The van der Waals surface area contributed by atoms with Gasteiger partial charge in [-0.1, -0.05) is 22.0 Å². The first-order valence-electron chi connectivity index (χ1n) is 8.04. The molecule has 2 aromatic heterocycles. The molecule has 5 nitrogen and oxygen atoms in total. The van der Waals surface area contributed by atoms with Crippen molar-refractivity contribution in [2.24, 2.45) is 0 Å². The average Bonchev–Trinajstić information content (AvgIpc) is 2.61. The third kappa shape index (κ3) is 2.94. The lowest BCUT2D eigenvalue weighted by molar-refractivity contribution is 0.648. The summed E-state index contributed by atoms with van der Waals surface area (Å²) in [4.78, 5) is 18.1. The highest BCUT2D eigenvalue weighted by Gasteiger charge is 2.20. The van der Waals surface area contributed by atoms with Gasteiger partial charge in [0, 0.05) is 47.9 Å². The summed E-state index contributed by atoms with van der Waals surface area (Å²) in [6.07, 6.45) is 3.62. The van der Waals surface area contributed by atoms with Gasteiger partial charge in [-0.25, -0.2) is 9.97 Å². The van der Waals surface area contributed by atoms with E-state index in [9.17, 15) is 0 Å². The van der Waals surface area contributed by atoms with Crippen molar-refractivity contribution in [1.82, 2.24) is 15.0 Å². The molecule has 1 saturated heterocycles. The number of nitrogens with zero attached hydrogens (tertiary/aromatic N) is 5. The van der Waals surface area contributed by atoms with Crippen molar-refractivity contribution < 1.29 is 0 Å². The molecule has 1 aliphatic heterocycles. The van der Waals surface area contributed by atoms with E-state index >= 15 is 0 Å². The molecule has 0 bridgehead atoms.